The summed E-state index contributed by atoms with van der Waals surface area (Å²) in [4.78, 5) is 33.5. The van der Waals surface area contributed by atoms with Crippen LogP contribution in [0, 0.1) is 0 Å². The summed E-state index contributed by atoms with van der Waals surface area (Å²) in [7, 11) is 0. The lowest BCUT2D eigenvalue weighted by Crippen LogP contribution is -2.58. The Morgan fingerprint density at radius 3 is 2.66 bits per heavy atom. The van der Waals surface area contributed by atoms with Crippen molar-refractivity contribution < 1.29 is 24.2 Å². The summed E-state index contributed by atoms with van der Waals surface area (Å²) in [5, 5.41) is 13.2. The number of aliphatic imine (C=N–C) groups is 1. The standard InChI is InChI=1S/C31H41IN4O5/c1-3-25(33)28(38)34-27(21(2)40-18-22-9-5-4-6-10-22)30(39)36-14-8-13-26(36)29-35-31(19-37,20-41-29)16-23-11-7-12-24(15-23)17-32/h4-7,9-12,15,21,25-27,37H,3,8,13-14,16-20,33H2,1-2H3,(H,34,38)/t21-,25+,26+,27+,31+/m1/s1. The van der Waals surface area contributed by atoms with Crippen LogP contribution in [-0.4, -0.2) is 77.2 Å². The molecule has 0 aromatic heterocycles. The van der Waals surface area contributed by atoms with Crippen LogP contribution in [0.25, 0.3) is 0 Å². The minimum atomic E-state index is -0.926. The number of rotatable bonds is 13. The molecule has 2 aromatic rings. The largest absolute Gasteiger partial charge is 0.477 e. The second-order valence-corrected chi connectivity index (χ2v) is 11.7. The number of benzene rings is 2. The van der Waals surface area contributed by atoms with Crippen molar-refractivity contribution in [2.75, 3.05) is 19.8 Å². The Morgan fingerprint density at radius 2 is 1.95 bits per heavy atom. The summed E-state index contributed by atoms with van der Waals surface area (Å²) in [6.07, 6.45) is 1.84. The number of carbonyl (C=O) groups excluding carboxylic acids is 2. The first-order valence-electron chi connectivity index (χ1n) is 14.3. The van der Waals surface area contributed by atoms with Gasteiger partial charge in [-0.15, -0.1) is 0 Å². The fourth-order valence-corrected chi connectivity index (χ4v) is 5.77. The Hall–Kier alpha value is -2.54. The molecule has 0 bridgehead atoms. The Morgan fingerprint density at radius 1 is 1.22 bits per heavy atom. The molecule has 2 heterocycles. The van der Waals surface area contributed by atoms with Gasteiger partial charge in [-0.05, 0) is 42.9 Å². The van der Waals surface area contributed by atoms with E-state index in [1.54, 1.807) is 11.8 Å². The number of hydrogen-bond donors (Lipinski definition) is 3. The molecule has 0 saturated carbocycles. The third kappa shape index (κ3) is 7.85. The van der Waals surface area contributed by atoms with Crippen LogP contribution in [0.2, 0.25) is 0 Å². The number of halogens is 1. The number of ether oxygens (including phenoxy) is 2. The van der Waals surface area contributed by atoms with Crippen LogP contribution in [-0.2, 0) is 36.5 Å². The van der Waals surface area contributed by atoms with Crippen LogP contribution in [0.3, 0.4) is 0 Å². The minimum absolute atomic E-state index is 0.163. The van der Waals surface area contributed by atoms with Gasteiger partial charge < -0.3 is 30.5 Å². The van der Waals surface area contributed by atoms with Crippen molar-refractivity contribution in [2.24, 2.45) is 10.7 Å². The van der Waals surface area contributed by atoms with Gasteiger partial charge in [-0.2, -0.15) is 0 Å². The first kappa shape index (κ1) is 31.4. The normalized spacial score (nSPS) is 22.5. The molecule has 2 aliphatic rings. The first-order valence-corrected chi connectivity index (χ1v) is 15.8. The first-order chi connectivity index (χ1) is 19.8. The van der Waals surface area contributed by atoms with Crippen LogP contribution in [0.1, 0.15) is 49.8 Å². The van der Waals surface area contributed by atoms with E-state index < -0.39 is 23.7 Å². The van der Waals surface area contributed by atoms with E-state index in [1.165, 1.54) is 5.56 Å². The van der Waals surface area contributed by atoms with Gasteiger partial charge in [-0.1, -0.05) is 84.1 Å². The fourth-order valence-electron chi connectivity index (χ4n) is 5.30. The lowest BCUT2D eigenvalue weighted by molar-refractivity contribution is -0.141. The summed E-state index contributed by atoms with van der Waals surface area (Å²) < 4.78 is 13.1. The van der Waals surface area contributed by atoms with Crippen LogP contribution in [0.15, 0.2) is 59.6 Å². The molecule has 4 rings (SSSR count). The number of amides is 2. The molecular weight excluding hydrogens is 635 g/mol. The van der Waals surface area contributed by atoms with E-state index >= 15 is 0 Å². The van der Waals surface area contributed by atoms with Crippen LogP contribution < -0.4 is 11.1 Å². The molecule has 222 valence electrons. The van der Waals surface area contributed by atoms with Crippen LogP contribution in [0.4, 0.5) is 0 Å². The van der Waals surface area contributed by atoms with Gasteiger partial charge in [0, 0.05) is 17.4 Å². The second kappa shape index (κ2) is 14.6. The van der Waals surface area contributed by atoms with Crippen LogP contribution >= 0.6 is 22.6 Å². The molecule has 10 heteroatoms. The van der Waals surface area contributed by atoms with Gasteiger partial charge in [0.1, 0.15) is 24.2 Å². The maximum absolute atomic E-state index is 14.0. The molecule has 9 nitrogen and oxygen atoms in total. The number of hydrogen-bond acceptors (Lipinski definition) is 7. The molecular formula is C31H41IN4O5. The highest BCUT2D eigenvalue weighted by Gasteiger charge is 2.44. The monoisotopic (exact) mass is 676 g/mol. The van der Waals surface area contributed by atoms with Crippen molar-refractivity contribution in [3.63, 3.8) is 0 Å². The van der Waals surface area contributed by atoms with Crippen LogP contribution in [0.5, 0.6) is 0 Å². The molecule has 0 unspecified atom stereocenters. The van der Waals surface area contributed by atoms with E-state index in [2.05, 4.69) is 40.0 Å². The number of nitrogens with two attached hydrogens (primary N) is 1. The van der Waals surface area contributed by atoms with E-state index in [0.717, 1.165) is 22.0 Å². The highest BCUT2D eigenvalue weighted by atomic mass is 127. The van der Waals surface area contributed by atoms with E-state index in [4.69, 9.17) is 20.2 Å². The van der Waals surface area contributed by atoms with Gasteiger partial charge in [-0.25, -0.2) is 4.99 Å². The fraction of sp³-hybridized carbons (Fsp3) is 0.516. The van der Waals surface area contributed by atoms with Crippen molar-refractivity contribution in [3.8, 4) is 0 Å². The van der Waals surface area contributed by atoms with Crippen molar-refractivity contribution in [3.05, 3.63) is 71.3 Å². The van der Waals surface area contributed by atoms with Crippen molar-refractivity contribution >= 4 is 40.3 Å². The maximum atomic E-state index is 14.0. The minimum Gasteiger partial charge on any atom is -0.477 e. The average Bonchev–Trinajstić information content (AvgIpc) is 3.66. The highest BCUT2D eigenvalue weighted by molar-refractivity contribution is 14.1. The van der Waals surface area contributed by atoms with Gasteiger partial charge in [0.2, 0.25) is 17.7 Å². The van der Waals surface area contributed by atoms with Gasteiger partial charge in [0.15, 0.2) is 0 Å². The van der Waals surface area contributed by atoms with Gasteiger partial charge in [0.05, 0.1) is 25.4 Å². The van der Waals surface area contributed by atoms with E-state index in [-0.39, 0.29) is 31.1 Å². The summed E-state index contributed by atoms with van der Waals surface area (Å²) in [6, 6.07) is 15.9. The topological polar surface area (TPSA) is 126 Å². The summed E-state index contributed by atoms with van der Waals surface area (Å²) >= 11 is 2.33. The lowest BCUT2D eigenvalue weighted by Gasteiger charge is -2.32. The zero-order valence-electron chi connectivity index (χ0n) is 23.8. The SMILES string of the molecule is CC[C@H](N)C(=O)N[C@H](C(=O)N1CCC[C@H]1C1=N[C@](CO)(Cc2cccc(CI)c2)CO1)[C@@H](C)OCc1ccccc1. The lowest BCUT2D eigenvalue weighted by atomic mass is 9.93. The zero-order chi connectivity index (χ0) is 29.4. The van der Waals surface area contributed by atoms with Gasteiger partial charge in [-0.3, -0.25) is 9.59 Å². The Labute approximate surface area is 256 Å². The van der Waals surface area contributed by atoms with E-state index in [9.17, 15) is 14.7 Å². The van der Waals surface area contributed by atoms with Crippen molar-refractivity contribution in [1.29, 1.82) is 0 Å². The molecule has 0 spiro atoms. The molecule has 0 radical (unpaired) electrons. The Balaban J connectivity index is 1.52. The molecule has 41 heavy (non-hydrogen) atoms. The number of likely N-dealkylation sites (tertiary alicyclic amines) is 1. The number of carbonyl (C=O) groups is 2. The molecule has 4 N–H and O–H groups in total. The number of alkyl halides is 1. The third-order valence-electron chi connectivity index (χ3n) is 7.80. The quantitative estimate of drug-likeness (QED) is 0.221. The summed E-state index contributed by atoms with van der Waals surface area (Å²) in [6.45, 7) is 4.51. The average molecular weight is 677 g/mol. The van der Waals surface area contributed by atoms with Crippen molar-refractivity contribution in [1.82, 2.24) is 10.2 Å². The molecule has 5 atom stereocenters. The third-order valence-corrected chi connectivity index (χ3v) is 8.68. The van der Waals surface area contributed by atoms with E-state index in [1.807, 2.05) is 49.4 Å². The second-order valence-electron chi connectivity index (χ2n) is 10.9. The number of nitrogens with one attached hydrogen (secondary N) is 1. The Bertz CT molecular complexity index is 1210. The predicted molar refractivity (Wildman–Crippen MR) is 167 cm³/mol. The Kier molecular flexibility index (Phi) is 11.2. The predicted octanol–water partition coefficient (Wildman–Crippen LogP) is 3.14. The molecule has 2 aromatic carbocycles. The van der Waals surface area contributed by atoms with Gasteiger partial charge in [0.25, 0.3) is 0 Å². The highest BCUT2D eigenvalue weighted by Crippen LogP contribution is 2.30. The van der Waals surface area contributed by atoms with E-state index in [0.29, 0.717) is 38.3 Å². The molecule has 1 fully saturated rings. The summed E-state index contributed by atoms with van der Waals surface area (Å²) in [5.74, 6) is -0.186. The molecule has 2 aliphatic heterocycles. The zero-order valence-corrected chi connectivity index (χ0v) is 26.0. The molecule has 0 aliphatic carbocycles. The molecule has 2 amide bonds. The summed E-state index contributed by atoms with van der Waals surface area (Å²) in [5.41, 5.74) is 8.46. The molecule has 1 saturated heterocycles. The smallest absolute Gasteiger partial charge is 0.248 e. The number of aliphatic hydroxyl groups is 1. The maximum Gasteiger partial charge on any atom is 0.248 e. The number of aliphatic hydroxyl groups excluding tert-OH is 1. The number of nitrogens with zero attached hydrogens (tertiary/aromatic N) is 2. The van der Waals surface area contributed by atoms with Gasteiger partial charge >= 0.3 is 0 Å². The van der Waals surface area contributed by atoms with Crippen molar-refractivity contribution in [2.45, 2.75) is 80.3 Å².